The van der Waals surface area contributed by atoms with E-state index >= 15 is 0 Å². The fraction of sp³-hybridized carbons (Fsp3) is 0.370. The topological polar surface area (TPSA) is 76.5 Å². The Morgan fingerprint density at radius 3 is 2.38 bits per heavy atom. The van der Waals surface area contributed by atoms with Gasteiger partial charge in [-0.1, -0.05) is 60.3 Å². The first kappa shape index (κ1) is 27.3. The molecule has 0 unspecified atom stereocenters. The van der Waals surface area contributed by atoms with Crippen molar-refractivity contribution in [1.82, 2.24) is 20.0 Å². The molecule has 1 aromatic heterocycles. The maximum atomic E-state index is 13.4. The number of aromatic nitrogens is 2. The highest BCUT2D eigenvalue weighted by atomic mass is 35.5. The third kappa shape index (κ3) is 6.40. The van der Waals surface area contributed by atoms with Gasteiger partial charge in [-0.15, -0.1) is 0 Å². The van der Waals surface area contributed by atoms with Crippen molar-refractivity contribution in [3.8, 4) is 16.9 Å². The van der Waals surface area contributed by atoms with Crippen LogP contribution in [-0.2, 0) is 4.74 Å². The van der Waals surface area contributed by atoms with Crippen LogP contribution in [-0.4, -0.2) is 52.4 Å². The van der Waals surface area contributed by atoms with Crippen LogP contribution in [0.2, 0.25) is 15.1 Å². The molecule has 1 aliphatic rings. The number of carbonyl (C=O) groups is 2. The van der Waals surface area contributed by atoms with Gasteiger partial charge in [-0.05, 0) is 56.5 Å². The highest BCUT2D eigenvalue weighted by Crippen LogP contribution is 2.33. The number of piperidine rings is 1. The fourth-order valence-electron chi connectivity index (χ4n) is 4.34. The molecular weight excluding hydrogens is 535 g/mol. The maximum absolute atomic E-state index is 13.4. The minimum atomic E-state index is -0.291. The standard InChI is InChI=1S/C27H29Cl3N4O3/c1-3-4-15-37-27(36)33-13-11-21(12-14-33)31-26(35)24-17(2)25(18-5-7-19(28)8-6-18)34(32-24)23-10-9-20(29)16-22(23)30/h5-10,16,21H,3-4,11-15H2,1-2H3,(H,31,35). The van der Waals surface area contributed by atoms with Crippen LogP contribution in [0.5, 0.6) is 0 Å². The summed E-state index contributed by atoms with van der Waals surface area (Å²) in [4.78, 5) is 27.3. The lowest BCUT2D eigenvalue weighted by molar-refractivity contribution is 0.0833. The van der Waals surface area contributed by atoms with E-state index in [9.17, 15) is 9.59 Å². The smallest absolute Gasteiger partial charge is 0.409 e. The lowest BCUT2D eigenvalue weighted by atomic mass is 10.0. The molecule has 0 radical (unpaired) electrons. The number of likely N-dealkylation sites (tertiary alicyclic amines) is 1. The molecule has 0 spiro atoms. The third-order valence-electron chi connectivity index (χ3n) is 6.40. The number of carbonyl (C=O) groups excluding carboxylic acids is 2. The van der Waals surface area contributed by atoms with Crippen molar-refractivity contribution in [2.75, 3.05) is 19.7 Å². The van der Waals surface area contributed by atoms with E-state index in [0.717, 1.165) is 24.1 Å². The van der Waals surface area contributed by atoms with E-state index in [-0.39, 0.29) is 18.0 Å². The van der Waals surface area contributed by atoms with Crippen molar-refractivity contribution >= 4 is 46.8 Å². The highest BCUT2D eigenvalue weighted by Gasteiger charge is 2.28. The quantitative estimate of drug-likeness (QED) is 0.316. The van der Waals surface area contributed by atoms with E-state index in [1.807, 2.05) is 19.1 Å². The van der Waals surface area contributed by atoms with Crippen molar-refractivity contribution in [3.05, 3.63) is 68.8 Å². The number of hydrogen-bond donors (Lipinski definition) is 1. The molecule has 2 aromatic carbocycles. The van der Waals surface area contributed by atoms with Crippen molar-refractivity contribution in [2.45, 2.75) is 45.6 Å². The molecule has 0 atom stereocenters. The molecule has 1 fully saturated rings. The molecule has 0 saturated carbocycles. The zero-order valence-corrected chi connectivity index (χ0v) is 23.0. The average Bonchev–Trinajstić information content (AvgIpc) is 3.22. The zero-order valence-electron chi connectivity index (χ0n) is 20.8. The molecule has 0 bridgehead atoms. The molecule has 1 saturated heterocycles. The van der Waals surface area contributed by atoms with Crippen LogP contribution < -0.4 is 5.32 Å². The summed E-state index contributed by atoms with van der Waals surface area (Å²) in [5.41, 5.74) is 3.19. The van der Waals surface area contributed by atoms with Gasteiger partial charge in [-0.2, -0.15) is 5.10 Å². The Morgan fingerprint density at radius 1 is 1.05 bits per heavy atom. The highest BCUT2D eigenvalue weighted by molar-refractivity contribution is 6.35. The number of nitrogens with zero attached hydrogens (tertiary/aromatic N) is 3. The Bertz CT molecular complexity index is 1270. The molecule has 10 heteroatoms. The van der Waals surface area contributed by atoms with E-state index in [4.69, 9.17) is 39.5 Å². The van der Waals surface area contributed by atoms with Gasteiger partial charge in [0.1, 0.15) is 0 Å². The summed E-state index contributed by atoms with van der Waals surface area (Å²) in [7, 11) is 0. The third-order valence-corrected chi connectivity index (χ3v) is 7.19. The van der Waals surface area contributed by atoms with Gasteiger partial charge in [0.05, 0.1) is 23.0 Å². The Kier molecular flexibility index (Phi) is 9.00. The van der Waals surface area contributed by atoms with Crippen LogP contribution in [0.15, 0.2) is 42.5 Å². The fourth-order valence-corrected chi connectivity index (χ4v) is 4.96. The summed E-state index contributed by atoms with van der Waals surface area (Å²) in [6, 6.07) is 12.4. The lowest BCUT2D eigenvalue weighted by Gasteiger charge is -2.31. The van der Waals surface area contributed by atoms with Gasteiger partial charge in [0.15, 0.2) is 5.69 Å². The first-order chi connectivity index (χ1) is 17.8. The van der Waals surface area contributed by atoms with E-state index in [0.29, 0.717) is 64.6 Å². The SMILES string of the molecule is CCCCOC(=O)N1CCC(NC(=O)c2nn(-c3ccc(Cl)cc3Cl)c(-c3ccc(Cl)cc3)c2C)CC1. The Balaban J connectivity index is 1.55. The number of nitrogens with one attached hydrogen (secondary N) is 1. The van der Waals surface area contributed by atoms with E-state index < -0.39 is 0 Å². The van der Waals surface area contributed by atoms with E-state index in [1.165, 1.54) is 0 Å². The zero-order chi connectivity index (χ0) is 26.5. The number of amides is 2. The minimum Gasteiger partial charge on any atom is -0.449 e. The van der Waals surface area contributed by atoms with Crippen LogP contribution in [0, 0.1) is 6.92 Å². The summed E-state index contributed by atoms with van der Waals surface area (Å²) < 4.78 is 6.97. The normalized spacial score (nSPS) is 14.0. The van der Waals surface area contributed by atoms with Crippen LogP contribution in [0.1, 0.15) is 48.7 Å². The molecule has 3 aromatic rings. The molecule has 4 rings (SSSR count). The van der Waals surface area contributed by atoms with Crippen LogP contribution >= 0.6 is 34.8 Å². The molecule has 2 heterocycles. The molecule has 1 N–H and O–H groups in total. The number of hydrogen-bond acceptors (Lipinski definition) is 4. The number of benzene rings is 2. The summed E-state index contributed by atoms with van der Waals surface area (Å²) >= 11 is 18.7. The Labute approximate surface area is 231 Å². The van der Waals surface area contributed by atoms with E-state index in [1.54, 1.807) is 39.9 Å². The van der Waals surface area contributed by atoms with Crippen molar-refractivity contribution < 1.29 is 14.3 Å². The summed E-state index contributed by atoms with van der Waals surface area (Å²) in [6.45, 7) is 5.40. The first-order valence-electron chi connectivity index (χ1n) is 12.3. The molecule has 0 aliphatic carbocycles. The molecular formula is C27H29Cl3N4O3. The van der Waals surface area contributed by atoms with Gasteiger partial charge in [0.25, 0.3) is 5.91 Å². The average molecular weight is 564 g/mol. The van der Waals surface area contributed by atoms with Crippen LogP contribution in [0.25, 0.3) is 16.9 Å². The summed E-state index contributed by atoms with van der Waals surface area (Å²) in [5, 5.41) is 9.30. The van der Waals surface area contributed by atoms with Gasteiger partial charge in [-0.3, -0.25) is 4.79 Å². The lowest BCUT2D eigenvalue weighted by Crippen LogP contribution is -2.46. The van der Waals surface area contributed by atoms with E-state index in [2.05, 4.69) is 17.3 Å². The van der Waals surface area contributed by atoms with Gasteiger partial charge in [0, 0.05) is 40.3 Å². The molecule has 37 heavy (non-hydrogen) atoms. The second kappa shape index (κ2) is 12.2. The van der Waals surface area contributed by atoms with Gasteiger partial charge in [0.2, 0.25) is 0 Å². The Morgan fingerprint density at radius 2 is 1.73 bits per heavy atom. The number of rotatable bonds is 7. The first-order valence-corrected chi connectivity index (χ1v) is 13.5. The minimum absolute atomic E-state index is 0.0742. The van der Waals surface area contributed by atoms with Crippen LogP contribution in [0.4, 0.5) is 4.79 Å². The van der Waals surface area contributed by atoms with Gasteiger partial charge in [-0.25, -0.2) is 9.48 Å². The molecule has 2 amide bonds. The molecule has 196 valence electrons. The van der Waals surface area contributed by atoms with Crippen molar-refractivity contribution in [3.63, 3.8) is 0 Å². The van der Waals surface area contributed by atoms with Gasteiger partial charge < -0.3 is 15.0 Å². The number of halogens is 3. The predicted octanol–water partition coefficient (Wildman–Crippen LogP) is 6.94. The molecule has 7 nitrogen and oxygen atoms in total. The largest absolute Gasteiger partial charge is 0.449 e. The number of unbranched alkanes of at least 4 members (excludes halogenated alkanes) is 1. The van der Waals surface area contributed by atoms with Crippen LogP contribution in [0.3, 0.4) is 0 Å². The second-order valence-electron chi connectivity index (χ2n) is 9.04. The van der Waals surface area contributed by atoms with Crippen molar-refractivity contribution in [2.24, 2.45) is 0 Å². The maximum Gasteiger partial charge on any atom is 0.409 e. The summed E-state index contributed by atoms with van der Waals surface area (Å²) in [6.07, 6.45) is 2.81. The Hall–Kier alpha value is -2.74. The van der Waals surface area contributed by atoms with Gasteiger partial charge >= 0.3 is 6.09 Å². The monoisotopic (exact) mass is 562 g/mol. The van der Waals surface area contributed by atoms with Crippen molar-refractivity contribution in [1.29, 1.82) is 0 Å². The second-order valence-corrected chi connectivity index (χ2v) is 10.3. The summed E-state index contributed by atoms with van der Waals surface area (Å²) in [5.74, 6) is -0.277. The predicted molar refractivity (Wildman–Crippen MR) is 147 cm³/mol. The number of ether oxygens (including phenoxy) is 1. The molecule has 1 aliphatic heterocycles.